The third-order valence-corrected chi connectivity index (χ3v) is 3.92. The van der Waals surface area contributed by atoms with Crippen molar-refractivity contribution < 1.29 is 4.74 Å². The first kappa shape index (κ1) is 11.8. The van der Waals surface area contributed by atoms with E-state index in [0.29, 0.717) is 6.54 Å². The molecule has 1 fully saturated rings. The Labute approximate surface area is 108 Å². The lowest BCUT2D eigenvalue weighted by Gasteiger charge is -2.22. The van der Waals surface area contributed by atoms with Crippen molar-refractivity contribution in [2.24, 2.45) is 11.7 Å². The normalized spacial score (nSPS) is 17.4. The van der Waals surface area contributed by atoms with Gasteiger partial charge in [0.05, 0.1) is 0 Å². The lowest BCUT2D eigenvalue weighted by atomic mass is 10.0. The van der Waals surface area contributed by atoms with Gasteiger partial charge >= 0.3 is 0 Å². The van der Waals surface area contributed by atoms with Crippen LogP contribution in [0.5, 0.6) is 0 Å². The molecule has 0 radical (unpaired) electrons. The van der Waals surface area contributed by atoms with Crippen LogP contribution < -0.4 is 5.73 Å². The van der Waals surface area contributed by atoms with E-state index in [-0.39, 0.29) is 0 Å². The standard InChI is InChI=1S/C15H20N2O/c16-10-13-2-1-3-15-14(13)4-7-17(15)11-12-5-8-18-9-6-12/h1-4,7,12H,5-6,8-11,16H2. The molecule has 1 aliphatic heterocycles. The van der Waals surface area contributed by atoms with Crippen molar-refractivity contribution in [2.45, 2.75) is 25.9 Å². The summed E-state index contributed by atoms with van der Waals surface area (Å²) >= 11 is 0. The van der Waals surface area contributed by atoms with Crippen LogP contribution in [0.2, 0.25) is 0 Å². The van der Waals surface area contributed by atoms with Crippen molar-refractivity contribution in [3.05, 3.63) is 36.0 Å². The Kier molecular flexibility index (Phi) is 3.35. The van der Waals surface area contributed by atoms with Crippen LogP contribution >= 0.6 is 0 Å². The maximum Gasteiger partial charge on any atom is 0.0483 e. The lowest BCUT2D eigenvalue weighted by molar-refractivity contribution is 0.0616. The van der Waals surface area contributed by atoms with Crippen molar-refractivity contribution in [3.8, 4) is 0 Å². The molecule has 0 saturated carbocycles. The highest BCUT2D eigenvalue weighted by Crippen LogP contribution is 2.23. The molecule has 1 aromatic heterocycles. The highest BCUT2D eigenvalue weighted by atomic mass is 16.5. The van der Waals surface area contributed by atoms with Crippen molar-refractivity contribution in [2.75, 3.05) is 13.2 Å². The Morgan fingerprint density at radius 3 is 2.83 bits per heavy atom. The van der Waals surface area contributed by atoms with E-state index in [9.17, 15) is 0 Å². The number of ether oxygens (including phenoxy) is 1. The van der Waals surface area contributed by atoms with Crippen LogP contribution in [-0.2, 0) is 17.8 Å². The van der Waals surface area contributed by atoms with Gasteiger partial charge in [-0.05, 0) is 36.5 Å². The smallest absolute Gasteiger partial charge is 0.0483 e. The number of nitrogens with two attached hydrogens (primary N) is 1. The minimum absolute atomic E-state index is 0.610. The Morgan fingerprint density at radius 2 is 2.06 bits per heavy atom. The molecule has 0 aliphatic carbocycles. The van der Waals surface area contributed by atoms with Gasteiger partial charge in [0.1, 0.15) is 0 Å². The van der Waals surface area contributed by atoms with E-state index in [1.807, 2.05) is 0 Å². The van der Waals surface area contributed by atoms with Crippen LogP contribution in [0.4, 0.5) is 0 Å². The minimum atomic E-state index is 0.610. The molecule has 0 atom stereocenters. The van der Waals surface area contributed by atoms with Crippen LogP contribution in [0.15, 0.2) is 30.5 Å². The first-order valence-corrected chi connectivity index (χ1v) is 6.73. The van der Waals surface area contributed by atoms with Crippen molar-refractivity contribution in [1.82, 2.24) is 4.57 Å². The second-order valence-electron chi connectivity index (χ2n) is 5.08. The number of aromatic nitrogens is 1. The molecule has 1 aliphatic rings. The Bertz CT molecular complexity index is 526. The minimum Gasteiger partial charge on any atom is -0.381 e. The molecule has 0 amide bonds. The fraction of sp³-hybridized carbons (Fsp3) is 0.467. The van der Waals surface area contributed by atoms with Gasteiger partial charge < -0.3 is 15.0 Å². The van der Waals surface area contributed by atoms with Gasteiger partial charge in [0.25, 0.3) is 0 Å². The maximum absolute atomic E-state index is 5.78. The fourth-order valence-electron chi connectivity index (χ4n) is 2.83. The summed E-state index contributed by atoms with van der Waals surface area (Å²) in [5, 5.41) is 1.30. The van der Waals surface area contributed by atoms with Crippen LogP contribution in [0.25, 0.3) is 10.9 Å². The van der Waals surface area contributed by atoms with Crippen LogP contribution in [0.3, 0.4) is 0 Å². The average molecular weight is 244 g/mol. The van der Waals surface area contributed by atoms with E-state index in [4.69, 9.17) is 10.5 Å². The van der Waals surface area contributed by atoms with Gasteiger partial charge in [-0.15, -0.1) is 0 Å². The van der Waals surface area contributed by atoms with Crippen LogP contribution in [0, 0.1) is 5.92 Å². The molecule has 96 valence electrons. The van der Waals surface area contributed by atoms with Gasteiger partial charge in [0.15, 0.2) is 0 Å². The number of benzene rings is 1. The molecular weight excluding hydrogens is 224 g/mol. The Hall–Kier alpha value is -1.32. The van der Waals surface area contributed by atoms with E-state index >= 15 is 0 Å². The van der Waals surface area contributed by atoms with Crippen molar-refractivity contribution in [1.29, 1.82) is 0 Å². The zero-order valence-corrected chi connectivity index (χ0v) is 10.6. The average Bonchev–Trinajstić information content (AvgIpc) is 2.83. The summed E-state index contributed by atoms with van der Waals surface area (Å²) in [5.74, 6) is 0.746. The topological polar surface area (TPSA) is 40.2 Å². The summed E-state index contributed by atoms with van der Waals surface area (Å²) in [7, 11) is 0. The predicted molar refractivity (Wildman–Crippen MR) is 73.4 cm³/mol. The summed E-state index contributed by atoms with van der Waals surface area (Å²) in [4.78, 5) is 0. The quantitative estimate of drug-likeness (QED) is 0.901. The van der Waals surface area contributed by atoms with Gasteiger partial charge in [-0.1, -0.05) is 12.1 Å². The monoisotopic (exact) mass is 244 g/mol. The van der Waals surface area contributed by atoms with E-state index in [1.165, 1.54) is 29.3 Å². The van der Waals surface area contributed by atoms with Crippen LogP contribution in [0.1, 0.15) is 18.4 Å². The second kappa shape index (κ2) is 5.12. The molecular formula is C15H20N2O. The molecule has 2 aromatic rings. The molecule has 1 saturated heterocycles. The zero-order chi connectivity index (χ0) is 12.4. The van der Waals surface area contributed by atoms with Gasteiger partial charge in [-0.3, -0.25) is 0 Å². The van der Waals surface area contributed by atoms with Gasteiger partial charge in [0, 0.05) is 43.4 Å². The summed E-state index contributed by atoms with van der Waals surface area (Å²) in [6.45, 7) is 3.54. The predicted octanol–water partition coefficient (Wildman–Crippen LogP) is 2.53. The number of fused-ring (bicyclic) bond motifs is 1. The summed E-state index contributed by atoms with van der Waals surface area (Å²) in [6, 6.07) is 8.59. The first-order valence-electron chi connectivity index (χ1n) is 6.73. The molecule has 2 heterocycles. The van der Waals surface area contributed by atoms with E-state index in [0.717, 1.165) is 25.7 Å². The van der Waals surface area contributed by atoms with Crippen LogP contribution in [-0.4, -0.2) is 17.8 Å². The highest BCUT2D eigenvalue weighted by Gasteiger charge is 2.15. The van der Waals surface area contributed by atoms with E-state index < -0.39 is 0 Å². The number of rotatable bonds is 3. The molecule has 18 heavy (non-hydrogen) atoms. The highest BCUT2D eigenvalue weighted by molar-refractivity contribution is 5.83. The zero-order valence-electron chi connectivity index (χ0n) is 10.6. The van der Waals surface area contributed by atoms with Gasteiger partial charge in [-0.2, -0.15) is 0 Å². The fourth-order valence-corrected chi connectivity index (χ4v) is 2.83. The Balaban J connectivity index is 1.88. The molecule has 0 bridgehead atoms. The molecule has 0 spiro atoms. The van der Waals surface area contributed by atoms with E-state index in [2.05, 4.69) is 35.0 Å². The third-order valence-electron chi connectivity index (χ3n) is 3.92. The Morgan fingerprint density at radius 1 is 1.22 bits per heavy atom. The molecule has 3 rings (SSSR count). The molecule has 2 N–H and O–H groups in total. The summed E-state index contributed by atoms with van der Waals surface area (Å²) in [6.07, 6.45) is 4.55. The molecule has 0 unspecified atom stereocenters. The summed E-state index contributed by atoms with van der Waals surface area (Å²) in [5.41, 5.74) is 8.33. The largest absolute Gasteiger partial charge is 0.381 e. The SMILES string of the molecule is NCc1cccc2c1ccn2CC1CCOCC1. The third kappa shape index (κ3) is 2.16. The number of hydrogen-bond donors (Lipinski definition) is 1. The maximum atomic E-state index is 5.78. The summed E-state index contributed by atoms with van der Waals surface area (Å²) < 4.78 is 7.78. The van der Waals surface area contributed by atoms with Crippen molar-refractivity contribution in [3.63, 3.8) is 0 Å². The van der Waals surface area contributed by atoms with E-state index in [1.54, 1.807) is 0 Å². The second-order valence-corrected chi connectivity index (χ2v) is 5.08. The lowest BCUT2D eigenvalue weighted by Crippen LogP contribution is -2.20. The van der Waals surface area contributed by atoms with Crippen molar-refractivity contribution >= 4 is 10.9 Å². The molecule has 3 nitrogen and oxygen atoms in total. The number of nitrogens with zero attached hydrogens (tertiary/aromatic N) is 1. The molecule has 1 aromatic carbocycles. The first-order chi connectivity index (χ1) is 8.88. The van der Waals surface area contributed by atoms with Gasteiger partial charge in [-0.25, -0.2) is 0 Å². The van der Waals surface area contributed by atoms with Gasteiger partial charge in [0.2, 0.25) is 0 Å². The number of hydrogen-bond acceptors (Lipinski definition) is 2. The molecule has 3 heteroatoms.